The zero-order chi connectivity index (χ0) is 14.7. The van der Waals surface area contributed by atoms with Crippen molar-refractivity contribution < 1.29 is 19.2 Å². The minimum absolute atomic E-state index is 0.0665. The molecule has 0 atom stereocenters. The van der Waals surface area contributed by atoms with Gasteiger partial charge < -0.3 is 9.64 Å². The van der Waals surface area contributed by atoms with Gasteiger partial charge in [0.05, 0.1) is 17.2 Å². The van der Waals surface area contributed by atoms with Crippen molar-refractivity contribution in [3.05, 3.63) is 33.9 Å². The largest absolute Gasteiger partial charge is 0.462 e. The fourth-order valence-electron chi connectivity index (χ4n) is 2.14. The third-order valence-corrected chi connectivity index (χ3v) is 3.06. The van der Waals surface area contributed by atoms with Crippen LogP contribution < -0.4 is 4.90 Å². The second kappa shape index (κ2) is 5.68. The van der Waals surface area contributed by atoms with Gasteiger partial charge in [-0.05, 0) is 25.5 Å². The van der Waals surface area contributed by atoms with Crippen LogP contribution in [0.5, 0.6) is 0 Å². The van der Waals surface area contributed by atoms with Gasteiger partial charge in [-0.2, -0.15) is 0 Å². The van der Waals surface area contributed by atoms with Crippen molar-refractivity contribution in [2.24, 2.45) is 0 Å². The van der Waals surface area contributed by atoms with Crippen LogP contribution in [-0.2, 0) is 9.53 Å². The Morgan fingerprint density at radius 1 is 1.50 bits per heavy atom. The molecule has 2 rings (SSSR count). The molecular formula is C13H14N2O5. The molecule has 1 aliphatic heterocycles. The molecule has 1 amide bonds. The monoisotopic (exact) mass is 278 g/mol. The van der Waals surface area contributed by atoms with Gasteiger partial charge in [0.2, 0.25) is 5.91 Å². The fraction of sp³-hybridized carbons (Fsp3) is 0.385. The Morgan fingerprint density at radius 2 is 2.25 bits per heavy atom. The summed E-state index contributed by atoms with van der Waals surface area (Å²) in [5.41, 5.74) is -0.0138. The first-order chi connectivity index (χ1) is 9.54. The van der Waals surface area contributed by atoms with Crippen LogP contribution in [0.15, 0.2) is 18.2 Å². The summed E-state index contributed by atoms with van der Waals surface area (Å²) in [6.07, 6.45) is 1.17. The standard InChI is InChI=1S/C13H14N2O5/c1-2-20-13(17)10-6-5-9(8-11(10)15(18)19)14-7-3-4-12(14)16/h5-6,8H,2-4,7H2,1H3. The highest BCUT2D eigenvalue weighted by Crippen LogP contribution is 2.28. The van der Waals surface area contributed by atoms with Crippen LogP contribution >= 0.6 is 0 Å². The summed E-state index contributed by atoms with van der Waals surface area (Å²) in [7, 11) is 0. The number of carbonyl (C=O) groups is 2. The number of carbonyl (C=O) groups excluding carboxylic acids is 2. The van der Waals surface area contributed by atoms with E-state index in [9.17, 15) is 19.7 Å². The summed E-state index contributed by atoms with van der Waals surface area (Å²) in [5, 5.41) is 11.1. The van der Waals surface area contributed by atoms with E-state index in [1.165, 1.54) is 23.1 Å². The van der Waals surface area contributed by atoms with Crippen LogP contribution in [0.3, 0.4) is 0 Å². The average Bonchev–Trinajstić information content (AvgIpc) is 2.84. The van der Waals surface area contributed by atoms with Gasteiger partial charge in [-0.1, -0.05) is 0 Å². The first kappa shape index (κ1) is 14.0. The predicted octanol–water partition coefficient (Wildman–Crippen LogP) is 1.90. The molecule has 0 aromatic heterocycles. The SMILES string of the molecule is CCOC(=O)c1ccc(N2CCCC2=O)cc1[N+](=O)[O-]. The van der Waals surface area contributed by atoms with E-state index in [0.29, 0.717) is 18.7 Å². The smallest absolute Gasteiger partial charge is 0.345 e. The van der Waals surface area contributed by atoms with Crippen molar-refractivity contribution >= 4 is 23.3 Å². The van der Waals surface area contributed by atoms with E-state index in [-0.39, 0.29) is 23.8 Å². The number of nitrogens with zero attached hydrogens (tertiary/aromatic N) is 2. The number of esters is 1. The molecule has 1 fully saturated rings. The molecule has 7 heteroatoms. The van der Waals surface area contributed by atoms with Gasteiger partial charge in [0.1, 0.15) is 5.56 Å². The van der Waals surface area contributed by atoms with E-state index in [2.05, 4.69) is 0 Å². The van der Waals surface area contributed by atoms with Crippen LogP contribution in [0.4, 0.5) is 11.4 Å². The van der Waals surface area contributed by atoms with Crippen LogP contribution in [0.25, 0.3) is 0 Å². The lowest BCUT2D eigenvalue weighted by atomic mass is 10.1. The minimum atomic E-state index is -0.738. The average molecular weight is 278 g/mol. The summed E-state index contributed by atoms with van der Waals surface area (Å²) < 4.78 is 4.78. The van der Waals surface area contributed by atoms with Crippen LogP contribution in [-0.4, -0.2) is 30.0 Å². The topological polar surface area (TPSA) is 89.8 Å². The summed E-state index contributed by atoms with van der Waals surface area (Å²) in [6, 6.07) is 4.11. The summed E-state index contributed by atoms with van der Waals surface area (Å²) in [5.74, 6) is -0.804. The highest BCUT2D eigenvalue weighted by Gasteiger charge is 2.27. The number of hydrogen-bond acceptors (Lipinski definition) is 5. The van der Waals surface area contributed by atoms with Crippen molar-refractivity contribution in [2.75, 3.05) is 18.1 Å². The Kier molecular flexibility index (Phi) is 3.97. The second-order valence-corrected chi connectivity index (χ2v) is 4.33. The van der Waals surface area contributed by atoms with E-state index < -0.39 is 10.9 Å². The first-order valence-electron chi connectivity index (χ1n) is 6.30. The molecule has 106 valence electrons. The summed E-state index contributed by atoms with van der Waals surface area (Å²) >= 11 is 0. The lowest BCUT2D eigenvalue weighted by Gasteiger charge is -2.15. The van der Waals surface area contributed by atoms with Gasteiger partial charge in [-0.3, -0.25) is 14.9 Å². The maximum Gasteiger partial charge on any atom is 0.345 e. The zero-order valence-corrected chi connectivity index (χ0v) is 11.0. The highest BCUT2D eigenvalue weighted by molar-refractivity contribution is 5.98. The van der Waals surface area contributed by atoms with Crippen LogP contribution in [0, 0.1) is 10.1 Å². The van der Waals surface area contributed by atoms with Gasteiger partial charge in [0.15, 0.2) is 0 Å². The fourth-order valence-corrected chi connectivity index (χ4v) is 2.14. The molecule has 0 bridgehead atoms. The van der Waals surface area contributed by atoms with Crippen molar-refractivity contribution in [3.63, 3.8) is 0 Å². The Balaban J connectivity index is 2.39. The number of anilines is 1. The van der Waals surface area contributed by atoms with Crippen molar-refractivity contribution in [2.45, 2.75) is 19.8 Å². The van der Waals surface area contributed by atoms with Crippen molar-refractivity contribution in [1.82, 2.24) is 0 Å². The molecule has 1 saturated heterocycles. The molecular weight excluding hydrogens is 264 g/mol. The van der Waals surface area contributed by atoms with E-state index in [1.54, 1.807) is 6.92 Å². The molecule has 1 aliphatic rings. The zero-order valence-electron chi connectivity index (χ0n) is 11.0. The van der Waals surface area contributed by atoms with Crippen LogP contribution in [0.2, 0.25) is 0 Å². The lowest BCUT2D eigenvalue weighted by Crippen LogP contribution is -2.24. The molecule has 0 unspecified atom stereocenters. The number of nitro groups is 1. The quantitative estimate of drug-likeness (QED) is 0.476. The Morgan fingerprint density at radius 3 is 2.80 bits per heavy atom. The molecule has 0 saturated carbocycles. The Labute approximate surface area is 115 Å². The predicted molar refractivity (Wildman–Crippen MR) is 70.6 cm³/mol. The third kappa shape index (κ3) is 2.61. The number of amides is 1. The number of rotatable bonds is 4. The molecule has 0 aliphatic carbocycles. The van der Waals surface area contributed by atoms with E-state index >= 15 is 0 Å². The van der Waals surface area contributed by atoms with Gasteiger partial charge in [-0.25, -0.2) is 4.79 Å². The Hall–Kier alpha value is -2.44. The van der Waals surface area contributed by atoms with Gasteiger partial charge >= 0.3 is 5.97 Å². The van der Waals surface area contributed by atoms with Crippen molar-refractivity contribution in [1.29, 1.82) is 0 Å². The first-order valence-corrected chi connectivity index (χ1v) is 6.30. The molecule has 0 radical (unpaired) electrons. The Bertz CT molecular complexity index is 570. The maximum atomic E-state index is 11.7. The van der Waals surface area contributed by atoms with E-state index in [1.807, 2.05) is 0 Å². The molecule has 1 aromatic carbocycles. The van der Waals surface area contributed by atoms with Crippen LogP contribution in [0.1, 0.15) is 30.1 Å². The van der Waals surface area contributed by atoms with Gasteiger partial charge in [-0.15, -0.1) is 0 Å². The molecule has 1 heterocycles. The number of ether oxygens (including phenoxy) is 1. The number of nitro benzene ring substituents is 1. The lowest BCUT2D eigenvalue weighted by molar-refractivity contribution is -0.385. The number of hydrogen-bond donors (Lipinski definition) is 0. The molecule has 20 heavy (non-hydrogen) atoms. The molecule has 1 aromatic rings. The summed E-state index contributed by atoms with van der Waals surface area (Å²) in [6.45, 7) is 2.30. The maximum absolute atomic E-state index is 11.7. The molecule has 7 nitrogen and oxygen atoms in total. The van der Waals surface area contributed by atoms with E-state index in [4.69, 9.17) is 4.74 Å². The second-order valence-electron chi connectivity index (χ2n) is 4.33. The molecule has 0 spiro atoms. The minimum Gasteiger partial charge on any atom is -0.462 e. The van der Waals surface area contributed by atoms with Gasteiger partial charge in [0, 0.05) is 19.0 Å². The highest BCUT2D eigenvalue weighted by atomic mass is 16.6. The van der Waals surface area contributed by atoms with Gasteiger partial charge in [0.25, 0.3) is 5.69 Å². The molecule has 0 N–H and O–H groups in total. The summed E-state index contributed by atoms with van der Waals surface area (Å²) in [4.78, 5) is 35.2. The third-order valence-electron chi connectivity index (χ3n) is 3.06. The van der Waals surface area contributed by atoms with Crippen molar-refractivity contribution in [3.8, 4) is 0 Å². The number of benzene rings is 1. The normalized spacial score (nSPS) is 14.4. The van der Waals surface area contributed by atoms with E-state index in [0.717, 1.165) is 6.42 Å².